The Morgan fingerprint density at radius 3 is 2.30 bits per heavy atom. The number of anilines is 2. The Morgan fingerprint density at radius 2 is 1.68 bits per heavy atom. The zero-order chi connectivity index (χ0) is 34.3. The number of hydrogen-bond donors (Lipinski definition) is 2. The Kier molecular flexibility index (Phi) is 9.14. The van der Waals surface area contributed by atoms with Crippen LogP contribution in [0.5, 0.6) is 0 Å². The summed E-state index contributed by atoms with van der Waals surface area (Å²) in [5, 5.41) is -0.328. The van der Waals surface area contributed by atoms with Gasteiger partial charge in [-0.25, -0.2) is 32.9 Å². The van der Waals surface area contributed by atoms with Gasteiger partial charge in [-0.2, -0.15) is 12.7 Å². The minimum absolute atomic E-state index is 0.0581. The van der Waals surface area contributed by atoms with Gasteiger partial charge >= 0.3 is 16.3 Å². The van der Waals surface area contributed by atoms with Crippen molar-refractivity contribution >= 4 is 44.8 Å². The van der Waals surface area contributed by atoms with Crippen LogP contribution in [0.2, 0.25) is 0 Å². The van der Waals surface area contributed by atoms with Gasteiger partial charge in [0.2, 0.25) is 11.7 Å². The van der Waals surface area contributed by atoms with E-state index in [2.05, 4.69) is 19.9 Å². The molecule has 1 saturated heterocycles. The second-order valence-corrected chi connectivity index (χ2v) is 13.5. The molecule has 0 bridgehead atoms. The molecule has 250 valence electrons. The number of ether oxygens (including phenoxy) is 1. The molecule has 0 aliphatic carbocycles. The summed E-state index contributed by atoms with van der Waals surface area (Å²) in [6, 6.07) is 1.59. The molecular formula is C30H33F3N8O5S. The van der Waals surface area contributed by atoms with E-state index in [1.165, 1.54) is 25.6 Å². The average Bonchev–Trinajstić information content (AvgIpc) is 3.47. The van der Waals surface area contributed by atoms with Crippen LogP contribution in [0.1, 0.15) is 43.6 Å². The van der Waals surface area contributed by atoms with E-state index in [0.29, 0.717) is 32.1 Å². The van der Waals surface area contributed by atoms with E-state index in [-0.39, 0.29) is 28.7 Å². The summed E-state index contributed by atoms with van der Waals surface area (Å²) >= 11 is 0. The fraction of sp³-hybridized carbons (Fsp3) is 0.367. The Hall–Kier alpha value is -4.77. The van der Waals surface area contributed by atoms with Crippen LogP contribution in [-0.2, 0) is 14.9 Å². The first-order valence-corrected chi connectivity index (χ1v) is 16.0. The second-order valence-electron chi connectivity index (χ2n) is 11.8. The highest BCUT2D eigenvalue weighted by Gasteiger charge is 2.29. The topological polar surface area (TPSA) is 154 Å². The van der Waals surface area contributed by atoms with E-state index in [9.17, 15) is 22.4 Å². The first kappa shape index (κ1) is 33.6. The third kappa shape index (κ3) is 6.85. The molecule has 0 atom stereocenters. The minimum Gasteiger partial charge on any atom is -0.444 e. The number of amides is 1. The molecule has 0 spiro atoms. The van der Waals surface area contributed by atoms with Crippen molar-refractivity contribution in [1.29, 1.82) is 0 Å². The first-order valence-electron chi connectivity index (χ1n) is 14.6. The number of pyridine rings is 1. The molecule has 0 saturated carbocycles. The maximum absolute atomic E-state index is 16.0. The number of hydrogen-bond acceptors (Lipinski definition) is 9. The molecule has 1 amide bonds. The lowest BCUT2D eigenvalue weighted by Crippen LogP contribution is -2.50. The summed E-state index contributed by atoms with van der Waals surface area (Å²) in [6.45, 7) is 8.68. The van der Waals surface area contributed by atoms with Gasteiger partial charge in [0.25, 0.3) is 0 Å². The Bertz CT molecular complexity index is 1940. The van der Waals surface area contributed by atoms with Gasteiger partial charge in [-0.1, -0.05) is 6.92 Å². The number of carbonyl (C=O) groups is 2. The normalized spacial score (nSPS) is 14.1. The summed E-state index contributed by atoms with van der Waals surface area (Å²) in [6.07, 6.45) is 4.64. The number of aromatic amines is 1. The van der Waals surface area contributed by atoms with Gasteiger partial charge in [-0.3, -0.25) is 9.52 Å². The summed E-state index contributed by atoms with van der Waals surface area (Å²) in [5.41, 5.74) is -2.67. The Labute approximate surface area is 268 Å². The molecule has 0 radical (unpaired) electrons. The van der Waals surface area contributed by atoms with Crippen LogP contribution in [0.4, 0.5) is 29.6 Å². The summed E-state index contributed by atoms with van der Waals surface area (Å²) in [5.74, 6) is -4.52. The highest BCUT2D eigenvalue weighted by molar-refractivity contribution is 7.90. The zero-order valence-corrected chi connectivity index (χ0v) is 27.1. The molecule has 4 heterocycles. The number of halogens is 3. The molecule has 47 heavy (non-hydrogen) atoms. The monoisotopic (exact) mass is 674 g/mol. The van der Waals surface area contributed by atoms with Crippen molar-refractivity contribution in [2.24, 2.45) is 0 Å². The lowest BCUT2D eigenvalue weighted by molar-refractivity contribution is 0.0240. The van der Waals surface area contributed by atoms with Crippen molar-refractivity contribution in [1.82, 2.24) is 29.1 Å². The number of ketones is 1. The van der Waals surface area contributed by atoms with Crippen LogP contribution in [-0.4, -0.2) is 94.8 Å². The number of piperazine rings is 1. The van der Waals surface area contributed by atoms with E-state index in [1.807, 2.05) is 9.62 Å². The van der Waals surface area contributed by atoms with Gasteiger partial charge in [-0.05, 0) is 32.9 Å². The Balaban J connectivity index is 1.39. The number of fused-ring (bicyclic) bond motifs is 1. The number of rotatable bonds is 8. The molecule has 0 unspecified atom stereocenters. The SMILES string of the molecule is CCN(C)S(=O)(=O)Nc1ccc(F)c(C(=O)c2c[nH]c3ncc(-c4cnc(N5CCN(C(=O)OC(C)(C)C)CC5)nc4)c(F)c23)c1F. The summed E-state index contributed by atoms with van der Waals surface area (Å²) in [4.78, 5) is 44.8. The third-order valence-corrected chi connectivity index (χ3v) is 9.02. The molecule has 3 aromatic heterocycles. The van der Waals surface area contributed by atoms with E-state index in [4.69, 9.17) is 4.74 Å². The molecule has 1 aliphatic heterocycles. The van der Waals surface area contributed by atoms with E-state index in [0.717, 1.165) is 22.6 Å². The molecule has 5 rings (SSSR count). The van der Waals surface area contributed by atoms with Crippen molar-refractivity contribution in [3.05, 3.63) is 65.5 Å². The smallest absolute Gasteiger partial charge is 0.410 e. The van der Waals surface area contributed by atoms with E-state index < -0.39 is 62.0 Å². The maximum Gasteiger partial charge on any atom is 0.410 e. The number of H-pyrrole nitrogens is 1. The quantitative estimate of drug-likeness (QED) is 0.260. The van der Waals surface area contributed by atoms with Crippen LogP contribution in [0.3, 0.4) is 0 Å². The molecule has 1 aromatic carbocycles. The van der Waals surface area contributed by atoms with Crippen molar-refractivity contribution in [3.63, 3.8) is 0 Å². The van der Waals surface area contributed by atoms with Crippen LogP contribution < -0.4 is 9.62 Å². The lowest BCUT2D eigenvalue weighted by atomic mass is 10.00. The van der Waals surface area contributed by atoms with Crippen molar-refractivity contribution in [2.45, 2.75) is 33.3 Å². The van der Waals surface area contributed by atoms with E-state index in [1.54, 1.807) is 32.6 Å². The fourth-order valence-electron chi connectivity index (χ4n) is 4.84. The standard InChI is InChI=1S/C30H33F3N8O5S/c1-6-39(5)47(44,45)38-21-8-7-20(31)23(25(21)33)26(42)19-16-35-27-22(19)24(32)18(15-34-27)17-13-36-28(37-14-17)40-9-11-41(12-10-40)29(43)46-30(2,3)4/h7-8,13-16,38H,6,9-12H2,1-5H3,(H,34,35). The Morgan fingerprint density at radius 1 is 1.02 bits per heavy atom. The van der Waals surface area contributed by atoms with Crippen LogP contribution in [0.25, 0.3) is 22.2 Å². The maximum atomic E-state index is 16.0. The molecule has 13 nitrogen and oxygen atoms in total. The number of carbonyl (C=O) groups excluding carboxylic acids is 2. The van der Waals surface area contributed by atoms with Crippen LogP contribution >= 0.6 is 0 Å². The highest BCUT2D eigenvalue weighted by atomic mass is 32.2. The molecule has 4 aromatic rings. The van der Waals surface area contributed by atoms with Gasteiger partial charge < -0.3 is 19.5 Å². The summed E-state index contributed by atoms with van der Waals surface area (Å²) < 4.78 is 79.6. The molecule has 1 fully saturated rings. The molecule has 2 N–H and O–H groups in total. The first-order chi connectivity index (χ1) is 22.1. The third-order valence-electron chi connectivity index (χ3n) is 7.46. The van der Waals surface area contributed by atoms with Crippen LogP contribution in [0.15, 0.2) is 36.9 Å². The van der Waals surface area contributed by atoms with Crippen molar-refractivity contribution in [3.8, 4) is 11.1 Å². The second kappa shape index (κ2) is 12.8. The van der Waals surface area contributed by atoms with Gasteiger partial charge in [-0.15, -0.1) is 0 Å². The summed E-state index contributed by atoms with van der Waals surface area (Å²) in [7, 11) is -2.94. The molecule has 1 aliphatic rings. The van der Waals surface area contributed by atoms with Crippen LogP contribution in [0, 0.1) is 17.5 Å². The zero-order valence-electron chi connectivity index (χ0n) is 26.3. The molecule has 17 heteroatoms. The average molecular weight is 675 g/mol. The van der Waals surface area contributed by atoms with Crippen molar-refractivity contribution < 1.29 is 35.9 Å². The minimum atomic E-state index is -4.20. The fourth-order valence-corrected chi connectivity index (χ4v) is 5.77. The van der Waals surface area contributed by atoms with Gasteiger partial charge in [0.05, 0.1) is 22.2 Å². The van der Waals surface area contributed by atoms with Gasteiger partial charge in [0.15, 0.2) is 5.82 Å². The number of nitrogens with zero attached hydrogens (tertiary/aromatic N) is 6. The number of aromatic nitrogens is 4. The largest absolute Gasteiger partial charge is 0.444 e. The van der Waals surface area contributed by atoms with Crippen molar-refractivity contribution in [2.75, 3.05) is 49.4 Å². The van der Waals surface area contributed by atoms with Gasteiger partial charge in [0.1, 0.15) is 22.9 Å². The lowest BCUT2D eigenvalue weighted by Gasteiger charge is -2.35. The highest BCUT2D eigenvalue weighted by Crippen LogP contribution is 2.32. The number of nitrogens with one attached hydrogen (secondary N) is 2. The number of benzene rings is 1. The van der Waals surface area contributed by atoms with Gasteiger partial charge in [0, 0.05) is 75.7 Å². The van der Waals surface area contributed by atoms with E-state index >= 15 is 8.78 Å². The predicted molar refractivity (Wildman–Crippen MR) is 168 cm³/mol. The molecular weight excluding hydrogens is 641 g/mol. The predicted octanol–water partition coefficient (Wildman–Crippen LogP) is 4.33.